The molecule has 1 aromatic rings. The van der Waals surface area contributed by atoms with Crippen molar-refractivity contribution in [1.82, 2.24) is 10.0 Å². The van der Waals surface area contributed by atoms with Crippen LogP contribution in [0.25, 0.3) is 0 Å². The summed E-state index contributed by atoms with van der Waals surface area (Å²) in [6.45, 7) is 4.51. The molecule has 0 aromatic carbocycles. The van der Waals surface area contributed by atoms with Crippen LogP contribution in [0.2, 0.25) is 0 Å². The summed E-state index contributed by atoms with van der Waals surface area (Å²) >= 11 is 2.99. The first-order chi connectivity index (χ1) is 9.10. The summed E-state index contributed by atoms with van der Waals surface area (Å²) < 4.78 is 27.0. The molecule has 0 radical (unpaired) electrons. The zero-order chi connectivity index (χ0) is 14.1. The van der Waals surface area contributed by atoms with Gasteiger partial charge in [0.05, 0.1) is 0 Å². The normalized spacial score (nSPS) is 11.9. The smallest absolute Gasteiger partial charge is 0.250 e. The second-order valence-electron chi connectivity index (χ2n) is 4.11. The van der Waals surface area contributed by atoms with Crippen LogP contribution in [0.5, 0.6) is 0 Å². The van der Waals surface area contributed by atoms with Crippen LogP contribution in [-0.4, -0.2) is 40.1 Å². The van der Waals surface area contributed by atoms with E-state index in [9.17, 15) is 8.42 Å². The average molecular weight is 323 g/mol. The summed E-state index contributed by atoms with van der Waals surface area (Å²) in [6, 6.07) is 3.60. The fraction of sp³-hybridized carbons (Fsp3) is 0.667. The molecular weight excluding hydrogens is 300 g/mol. The highest BCUT2D eigenvalue weighted by Crippen LogP contribution is 2.21. The summed E-state index contributed by atoms with van der Waals surface area (Å²) in [5, 5.41) is 3.31. The molecule has 19 heavy (non-hydrogen) atoms. The Balaban J connectivity index is 2.48. The van der Waals surface area contributed by atoms with Crippen LogP contribution in [0.1, 0.15) is 18.2 Å². The lowest BCUT2D eigenvalue weighted by atomic mass is 10.3. The van der Waals surface area contributed by atoms with E-state index in [1.807, 2.05) is 12.3 Å². The van der Waals surface area contributed by atoms with Gasteiger partial charge < -0.3 is 5.32 Å². The van der Waals surface area contributed by atoms with Crippen LogP contribution in [0.3, 0.4) is 0 Å². The number of thiophene rings is 1. The van der Waals surface area contributed by atoms with Gasteiger partial charge in [0, 0.05) is 17.2 Å². The van der Waals surface area contributed by atoms with E-state index < -0.39 is 10.0 Å². The molecular formula is C12H22N2O2S3. The minimum Gasteiger partial charge on any atom is -0.316 e. The van der Waals surface area contributed by atoms with Gasteiger partial charge in [-0.15, -0.1) is 11.3 Å². The van der Waals surface area contributed by atoms with Crippen LogP contribution in [-0.2, 0) is 16.4 Å². The maximum atomic E-state index is 12.0. The van der Waals surface area contributed by atoms with E-state index in [4.69, 9.17) is 0 Å². The van der Waals surface area contributed by atoms with Crippen molar-refractivity contribution >= 4 is 33.1 Å². The zero-order valence-corrected chi connectivity index (χ0v) is 13.9. The number of sulfonamides is 1. The Morgan fingerprint density at radius 2 is 2.05 bits per heavy atom. The van der Waals surface area contributed by atoms with Gasteiger partial charge in [-0.2, -0.15) is 11.8 Å². The second kappa shape index (κ2) is 8.97. The van der Waals surface area contributed by atoms with Gasteiger partial charge in [0.15, 0.2) is 0 Å². The zero-order valence-electron chi connectivity index (χ0n) is 11.4. The molecule has 0 aliphatic rings. The summed E-state index contributed by atoms with van der Waals surface area (Å²) in [6.07, 6.45) is 3.95. The van der Waals surface area contributed by atoms with Crippen LogP contribution in [0.15, 0.2) is 16.3 Å². The highest BCUT2D eigenvalue weighted by molar-refractivity contribution is 7.98. The molecule has 0 amide bonds. The SMILES string of the molecule is CCCNCCc1ccc(S(=O)(=O)NCCSC)s1. The number of hydrogen-bond donors (Lipinski definition) is 2. The van der Waals surface area contributed by atoms with Gasteiger partial charge in [0.2, 0.25) is 10.0 Å². The summed E-state index contributed by atoms with van der Waals surface area (Å²) in [5.41, 5.74) is 0. The Morgan fingerprint density at radius 1 is 1.26 bits per heavy atom. The lowest BCUT2D eigenvalue weighted by Crippen LogP contribution is -2.25. The quantitative estimate of drug-likeness (QED) is 0.646. The topological polar surface area (TPSA) is 58.2 Å². The Labute approximate surface area is 124 Å². The molecule has 7 heteroatoms. The van der Waals surface area contributed by atoms with Crippen molar-refractivity contribution in [3.63, 3.8) is 0 Å². The Morgan fingerprint density at radius 3 is 2.74 bits per heavy atom. The maximum absolute atomic E-state index is 12.0. The van der Waals surface area contributed by atoms with Crippen molar-refractivity contribution in [3.05, 3.63) is 17.0 Å². The highest BCUT2D eigenvalue weighted by Gasteiger charge is 2.15. The molecule has 1 rings (SSSR count). The van der Waals surface area contributed by atoms with Gasteiger partial charge in [-0.25, -0.2) is 13.1 Å². The molecule has 0 saturated carbocycles. The Kier molecular flexibility index (Phi) is 8.01. The van der Waals surface area contributed by atoms with E-state index in [0.29, 0.717) is 10.8 Å². The lowest BCUT2D eigenvalue weighted by Gasteiger charge is -2.03. The van der Waals surface area contributed by atoms with Crippen molar-refractivity contribution in [3.8, 4) is 0 Å². The fourth-order valence-electron chi connectivity index (χ4n) is 1.50. The molecule has 0 bridgehead atoms. The number of thioether (sulfide) groups is 1. The molecule has 0 fully saturated rings. The third kappa shape index (κ3) is 6.27. The summed E-state index contributed by atoms with van der Waals surface area (Å²) in [5.74, 6) is 0.790. The van der Waals surface area contributed by atoms with Gasteiger partial charge >= 0.3 is 0 Å². The van der Waals surface area contributed by atoms with E-state index in [2.05, 4.69) is 17.0 Å². The molecule has 0 atom stereocenters. The molecule has 110 valence electrons. The van der Waals surface area contributed by atoms with Crippen LogP contribution in [0, 0.1) is 0 Å². The van der Waals surface area contributed by atoms with Gasteiger partial charge in [-0.1, -0.05) is 6.92 Å². The largest absolute Gasteiger partial charge is 0.316 e. The molecule has 0 spiro atoms. The summed E-state index contributed by atoms with van der Waals surface area (Å²) in [4.78, 5) is 1.11. The molecule has 0 aliphatic carbocycles. The molecule has 0 aliphatic heterocycles. The fourth-order valence-corrected chi connectivity index (χ4v) is 4.37. The molecule has 0 unspecified atom stereocenters. The van der Waals surface area contributed by atoms with Gasteiger partial charge in [0.1, 0.15) is 4.21 Å². The van der Waals surface area contributed by atoms with Crippen LogP contribution in [0.4, 0.5) is 0 Å². The Bertz CT molecular complexity index is 457. The van der Waals surface area contributed by atoms with Gasteiger partial charge in [0.25, 0.3) is 0 Å². The maximum Gasteiger partial charge on any atom is 0.250 e. The number of nitrogens with one attached hydrogen (secondary N) is 2. The van der Waals surface area contributed by atoms with Crippen molar-refractivity contribution in [2.75, 3.05) is 31.6 Å². The third-order valence-electron chi connectivity index (χ3n) is 2.48. The first-order valence-corrected chi connectivity index (χ1v) is 10.1. The lowest BCUT2D eigenvalue weighted by molar-refractivity contribution is 0.586. The second-order valence-corrected chi connectivity index (χ2v) is 8.26. The van der Waals surface area contributed by atoms with E-state index >= 15 is 0 Å². The molecule has 0 saturated heterocycles. The number of rotatable bonds is 10. The van der Waals surface area contributed by atoms with Gasteiger partial charge in [-0.3, -0.25) is 0 Å². The minimum atomic E-state index is -3.31. The van der Waals surface area contributed by atoms with Crippen molar-refractivity contribution in [2.45, 2.75) is 24.0 Å². The van der Waals surface area contributed by atoms with E-state index in [1.54, 1.807) is 17.8 Å². The molecule has 4 nitrogen and oxygen atoms in total. The van der Waals surface area contributed by atoms with E-state index in [1.165, 1.54) is 11.3 Å². The monoisotopic (exact) mass is 322 g/mol. The van der Waals surface area contributed by atoms with Crippen molar-refractivity contribution < 1.29 is 8.42 Å². The highest BCUT2D eigenvalue weighted by atomic mass is 32.2. The molecule has 1 aromatic heterocycles. The predicted octanol–water partition coefficient (Wildman–Crippen LogP) is 1.93. The molecule has 2 N–H and O–H groups in total. The molecule has 1 heterocycles. The minimum absolute atomic E-state index is 0.416. The van der Waals surface area contributed by atoms with Crippen LogP contribution >= 0.6 is 23.1 Å². The Hall–Kier alpha value is -0.0800. The summed E-state index contributed by atoms with van der Waals surface area (Å²) in [7, 11) is -3.31. The first kappa shape index (κ1) is 17.0. The van der Waals surface area contributed by atoms with Crippen LogP contribution < -0.4 is 10.0 Å². The first-order valence-electron chi connectivity index (χ1n) is 6.38. The van der Waals surface area contributed by atoms with Crippen molar-refractivity contribution in [2.24, 2.45) is 0 Å². The predicted molar refractivity (Wildman–Crippen MR) is 84.8 cm³/mol. The standard InChI is InChI=1S/C12H22N2O2S3/c1-3-7-13-8-6-11-4-5-12(18-11)19(15,16)14-9-10-17-2/h4-5,13-14H,3,6-10H2,1-2H3. The van der Waals surface area contributed by atoms with E-state index in [-0.39, 0.29) is 0 Å². The third-order valence-corrected chi connectivity index (χ3v) is 6.19. The van der Waals surface area contributed by atoms with Gasteiger partial charge in [-0.05, 0) is 44.3 Å². The van der Waals surface area contributed by atoms with Crippen molar-refractivity contribution in [1.29, 1.82) is 0 Å². The average Bonchev–Trinajstić information content (AvgIpc) is 2.84. The van der Waals surface area contributed by atoms with E-state index in [0.717, 1.165) is 36.6 Å². The number of hydrogen-bond acceptors (Lipinski definition) is 5.